The zero-order valence-corrected chi connectivity index (χ0v) is 13.0. The molecule has 1 N–H and O–H groups in total. The first kappa shape index (κ1) is 16.0. The van der Waals surface area contributed by atoms with E-state index in [0.717, 1.165) is 25.9 Å². The molecule has 1 aliphatic rings. The van der Waals surface area contributed by atoms with E-state index in [2.05, 4.69) is 19.2 Å². The van der Waals surface area contributed by atoms with E-state index >= 15 is 0 Å². The molecule has 21 heavy (non-hydrogen) atoms. The number of benzene rings is 1. The van der Waals surface area contributed by atoms with E-state index in [1.54, 1.807) is 12.1 Å². The molecule has 1 unspecified atom stereocenters. The Balaban J connectivity index is 2.23. The Bertz CT molecular complexity index is 496. The van der Waals surface area contributed by atoms with Crippen molar-refractivity contribution in [2.45, 2.75) is 39.7 Å². The Kier molecular flexibility index (Phi) is 5.34. The van der Waals surface area contributed by atoms with Gasteiger partial charge in [0.25, 0.3) is 0 Å². The molecule has 1 aromatic carbocycles. The third kappa shape index (κ3) is 4.03. The molecule has 0 aromatic heterocycles. The molecule has 0 aliphatic carbocycles. The first-order chi connectivity index (χ1) is 9.99. The van der Waals surface area contributed by atoms with Crippen LogP contribution in [-0.4, -0.2) is 25.0 Å². The van der Waals surface area contributed by atoms with Gasteiger partial charge < -0.3 is 10.1 Å². The van der Waals surface area contributed by atoms with Crippen molar-refractivity contribution in [3.05, 3.63) is 29.6 Å². The van der Waals surface area contributed by atoms with Gasteiger partial charge in [0.05, 0.1) is 5.56 Å². The summed E-state index contributed by atoms with van der Waals surface area (Å²) in [6.45, 7) is 7.58. The Morgan fingerprint density at radius 2 is 2.24 bits per heavy atom. The summed E-state index contributed by atoms with van der Waals surface area (Å²) in [7, 11) is 0. The third-order valence-electron chi connectivity index (χ3n) is 3.93. The minimum Gasteiger partial charge on any atom is -0.489 e. The first-order valence-electron chi connectivity index (χ1n) is 7.66. The highest BCUT2D eigenvalue weighted by molar-refractivity contribution is 5.97. The fraction of sp³-hybridized carbons (Fsp3) is 0.588. The van der Waals surface area contributed by atoms with Gasteiger partial charge in [-0.05, 0) is 44.4 Å². The van der Waals surface area contributed by atoms with E-state index in [1.807, 2.05) is 0 Å². The molecule has 4 heteroatoms. The van der Waals surface area contributed by atoms with Crippen LogP contribution in [0.15, 0.2) is 18.2 Å². The molecule has 2 atom stereocenters. The van der Waals surface area contributed by atoms with Crippen molar-refractivity contribution in [3.63, 3.8) is 0 Å². The number of carbonyl (C=O) groups is 1. The molecule has 1 aromatic rings. The Hall–Kier alpha value is -1.42. The normalized spacial score (nSPS) is 19.8. The summed E-state index contributed by atoms with van der Waals surface area (Å²) in [5.41, 5.74) is 0.0669. The Labute approximate surface area is 125 Å². The van der Waals surface area contributed by atoms with Crippen molar-refractivity contribution < 1.29 is 13.9 Å². The molecule has 0 radical (unpaired) electrons. The number of Topliss-reactive ketones (excluding diaryl/α,β-unsaturated/α-hetero) is 1. The SMILES string of the molecule is CC(=O)c1c(F)cccc1O[C@@H](CC(C)C)C1CCNC1. The number of ketones is 1. The van der Waals surface area contributed by atoms with Gasteiger partial charge in [-0.3, -0.25) is 4.79 Å². The zero-order chi connectivity index (χ0) is 15.4. The molecular formula is C17H24FNO2. The summed E-state index contributed by atoms with van der Waals surface area (Å²) < 4.78 is 20.0. The highest BCUT2D eigenvalue weighted by Gasteiger charge is 2.28. The molecule has 0 bridgehead atoms. The average molecular weight is 293 g/mol. The number of ether oxygens (including phenoxy) is 1. The summed E-state index contributed by atoms with van der Waals surface area (Å²) >= 11 is 0. The van der Waals surface area contributed by atoms with Crippen molar-refractivity contribution in [3.8, 4) is 5.75 Å². The van der Waals surface area contributed by atoms with E-state index in [4.69, 9.17) is 4.74 Å². The molecule has 3 nitrogen and oxygen atoms in total. The van der Waals surface area contributed by atoms with Crippen LogP contribution in [0.5, 0.6) is 5.75 Å². The first-order valence-corrected chi connectivity index (χ1v) is 7.66. The lowest BCUT2D eigenvalue weighted by Crippen LogP contribution is -2.30. The van der Waals surface area contributed by atoms with Gasteiger partial charge in [0.1, 0.15) is 17.7 Å². The predicted molar refractivity (Wildman–Crippen MR) is 81.3 cm³/mol. The van der Waals surface area contributed by atoms with Crippen molar-refractivity contribution in [1.82, 2.24) is 5.32 Å². The highest BCUT2D eigenvalue weighted by Crippen LogP contribution is 2.28. The smallest absolute Gasteiger partial charge is 0.166 e. The van der Waals surface area contributed by atoms with Crippen LogP contribution in [0.25, 0.3) is 0 Å². The molecule has 1 heterocycles. The van der Waals surface area contributed by atoms with Crippen molar-refractivity contribution >= 4 is 5.78 Å². The lowest BCUT2D eigenvalue weighted by atomic mass is 9.93. The maximum absolute atomic E-state index is 13.9. The highest BCUT2D eigenvalue weighted by atomic mass is 19.1. The summed E-state index contributed by atoms with van der Waals surface area (Å²) in [5, 5.41) is 3.34. The van der Waals surface area contributed by atoms with Crippen LogP contribution in [0.2, 0.25) is 0 Å². The van der Waals surface area contributed by atoms with Gasteiger partial charge in [-0.2, -0.15) is 0 Å². The van der Waals surface area contributed by atoms with Crippen LogP contribution in [0.4, 0.5) is 4.39 Å². The van der Waals surface area contributed by atoms with Gasteiger partial charge in [-0.25, -0.2) is 4.39 Å². The molecule has 2 rings (SSSR count). The minimum absolute atomic E-state index is 0.0138. The Morgan fingerprint density at radius 1 is 1.48 bits per heavy atom. The Morgan fingerprint density at radius 3 is 2.81 bits per heavy atom. The van der Waals surface area contributed by atoms with E-state index in [9.17, 15) is 9.18 Å². The second kappa shape index (κ2) is 7.03. The second-order valence-electron chi connectivity index (χ2n) is 6.21. The molecule has 0 amide bonds. The van der Waals surface area contributed by atoms with E-state index < -0.39 is 5.82 Å². The third-order valence-corrected chi connectivity index (χ3v) is 3.93. The summed E-state index contributed by atoms with van der Waals surface area (Å²) in [6.07, 6.45) is 1.97. The van der Waals surface area contributed by atoms with Crippen molar-refractivity contribution in [2.24, 2.45) is 11.8 Å². The lowest BCUT2D eigenvalue weighted by Gasteiger charge is -2.27. The van der Waals surface area contributed by atoms with Gasteiger partial charge in [0.15, 0.2) is 5.78 Å². The van der Waals surface area contributed by atoms with E-state index in [0.29, 0.717) is 17.6 Å². The van der Waals surface area contributed by atoms with Gasteiger partial charge in [0, 0.05) is 12.5 Å². The number of halogens is 1. The standard InChI is InChI=1S/C17H24FNO2/c1-11(2)9-16(13-7-8-19-10-13)21-15-6-4-5-14(18)17(15)12(3)20/h4-6,11,13,16,19H,7-10H2,1-3H3/t13?,16-/m0/s1. The fourth-order valence-electron chi connectivity index (χ4n) is 2.90. The quantitative estimate of drug-likeness (QED) is 0.817. The van der Waals surface area contributed by atoms with Gasteiger partial charge in [-0.1, -0.05) is 19.9 Å². The van der Waals surface area contributed by atoms with Gasteiger partial charge >= 0.3 is 0 Å². The molecule has 0 saturated carbocycles. The number of carbonyl (C=O) groups excluding carboxylic acids is 1. The van der Waals surface area contributed by atoms with Crippen molar-refractivity contribution in [1.29, 1.82) is 0 Å². The molecule has 116 valence electrons. The second-order valence-corrected chi connectivity index (χ2v) is 6.21. The van der Waals surface area contributed by atoms with Crippen molar-refractivity contribution in [2.75, 3.05) is 13.1 Å². The maximum atomic E-state index is 13.9. The average Bonchev–Trinajstić information content (AvgIpc) is 2.90. The molecule has 1 saturated heterocycles. The number of nitrogens with one attached hydrogen (secondary N) is 1. The van der Waals surface area contributed by atoms with Gasteiger partial charge in [-0.15, -0.1) is 0 Å². The summed E-state index contributed by atoms with van der Waals surface area (Å²) in [5.74, 6) is 0.476. The fourth-order valence-corrected chi connectivity index (χ4v) is 2.90. The summed E-state index contributed by atoms with van der Waals surface area (Å²) in [6, 6.07) is 4.59. The minimum atomic E-state index is -0.507. The lowest BCUT2D eigenvalue weighted by molar-refractivity contribution is 0.0977. The predicted octanol–water partition coefficient (Wildman–Crippen LogP) is 3.43. The molecular weight excluding hydrogens is 269 g/mol. The number of hydrogen-bond donors (Lipinski definition) is 1. The monoisotopic (exact) mass is 293 g/mol. The van der Waals surface area contributed by atoms with Crippen LogP contribution < -0.4 is 10.1 Å². The summed E-state index contributed by atoms with van der Waals surface area (Å²) in [4.78, 5) is 11.7. The largest absolute Gasteiger partial charge is 0.489 e. The maximum Gasteiger partial charge on any atom is 0.166 e. The van der Waals surface area contributed by atoms with Gasteiger partial charge in [0.2, 0.25) is 0 Å². The van der Waals surface area contributed by atoms with E-state index in [1.165, 1.54) is 13.0 Å². The number of hydrogen-bond acceptors (Lipinski definition) is 3. The topological polar surface area (TPSA) is 38.3 Å². The van der Waals surface area contributed by atoms with Crippen LogP contribution in [0.1, 0.15) is 44.0 Å². The number of rotatable bonds is 6. The molecule has 1 fully saturated rings. The zero-order valence-electron chi connectivity index (χ0n) is 13.0. The van der Waals surface area contributed by atoms with E-state index in [-0.39, 0.29) is 17.5 Å². The molecule has 0 spiro atoms. The van der Waals surface area contributed by atoms with Crippen LogP contribution >= 0.6 is 0 Å². The van der Waals surface area contributed by atoms with Crippen LogP contribution in [0, 0.1) is 17.7 Å². The van der Waals surface area contributed by atoms with Crippen LogP contribution in [-0.2, 0) is 0 Å². The molecule has 1 aliphatic heterocycles. The van der Waals surface area contributed by atoms with Crippen LogP contribution in [0.3, 0.4) is 0 Å².